The third kappa shape index (κ3) is 4.72. The van der Waals surface area contributed by atoms with E-state index in [1.165, 1.54) is 11.8 Å². The molecule has 1 amide bonds. The first kappa shape index (κ1) is 16.3. The molecule has 0 saturated heterocycles. The van der Waals surface area contributed by atoms with Crippen molar-refractivity contribution in [2.45, 2.75) is 11.8 Å². The smallest absolute Gasteiger partial charge is 0.234 e. The normalized spacial score (nSPS) is 10.4. The van der Waals surface area contributed by atoms with Crippen molar-refractivity contribution in [1.29, 1.82) is 0 Å². The van der Waals surface area contributed by atoms with Crippen molar-refractivity contribution in [3.05, 3.63) is 45.0 Å². The van der Waals surface area contributed by atoms with E-state index in [9.17, 15) is 4.79 Å². The Morgan fingerprint density at radius 3 is 2.57 bits per heavy atom. The van der Waals surface area contributed by atoms with Gasteiger partial charge in [0.1, 0.15) is 5.82 Å². The van der Waals surface area contributed by atoms with Crippen molar-refractivity contribution >= 4 is 61.0 Å². The van der Waals surface area contributed by atoms with E-state index in [0.29, 0.717) is 11.6 Å². The largest absolute Gasteiger partial charge is 0.384 e. The van der Waals surface area contributed by atoms with E-state index in [1.54, 1.807) is 12.3 Å². The second-order valence-electron chi connectivity index (χ2n) is 4.36. The zero-order valence-corrected chi connectivity index (χ0v) is 15.2. The lowest BCUT2D eigenvalue weighted by Gasteiger charge is -2.10. The molecular formula is C14H13Br2N3OS. The van der Waals surface area contributed by atoms with E-state index < -0.39 is 0 Å². The van der Waals surface area contributed by atoms with Crippen LogP contribution >= 0.6 is 43.6 Å². The first-order valence-electron chi connectivity index (χ1n) is 6.05. The molecule has 0 spiro atoms. The molecule has 1 aromatic carbocycles. The van der Waals surface area contributed by atoms with Gasteiger partial charge in [0.25, 0.3) is 0 Å². The summed E-state index contributed by atoms with van der Waals surface area (Å²) in [6, 6.07) is 7.47. The van der Waals surface area contributed by atoms with Gasteiger partial charge in [-0.3, -0.25) is 4.79 Å². The van der Waals surface area contributed by atoms with E-state index >= 15 is 0 Å². The predicted molar refractivity (Wildman–Crippen MR) is 94.6 cm³/mol. The number of carbonyl (C=O) groups is 1. The number of hydrogen-bond acceptors (Lipinski definition) is 4. The quantitative estimate of drug-likeness (QED) is 0.712. The van der Waals surface area contributed by atoms with Gasteiger partial charge in [-0.25, -0.2) is 4.98 Å². The minimum Gasteiger partial charge on any atom is -0.384 e. The SMILES string of the molecule is Cc1cc(Br)c(NC(=O)CSc2ccc(N)nc2)c(Br)c1. The molecule has 0 aliphatic rings. The highest BCUT2D eigenvalue weighted by Crippen LogP contribution is 2.32. The summed E-state index contributed by atoms with van der Waals surface area (Å²) in [6.45, 7) is 1.99. The molecule has 0 fully saturated rings. The monoisotopic (exact) mass is 429 g/mol. The van der Waals surface area contributed by atoms with Gasteiger partial charge in [-0.05, 0) is 68.6 Å². The number of thioether (sulfide) groups is 1. The number of nitrogens with one attached hydrogen (secondary N) is 1. The number of hydrogen-bond donors (Lipinski definition) is 2. The molecule has 21 heavy (non-hydrogen) atoms. The van der Waals surface area contributed by atoms with E-state index in [2.05, 4.69) is 42.2 Å². The van der Waals surface area contributed by atoms with Crippen LogP contribution in [0.2, 0.25) is 0 Å². The molecule has 0 bridgehead atoms. The van der Waals surface area contributed by atoms with Crippen molar-refractivity contribution in [1.82, 2.24) is 4.98 Å². The molecule has 7 heteroatoms. The third-order valence-corrected chi connectivity index (χ3v) is 4.81. The zero-order valence-electron chi connectivity index (χ0n) is 11.2. The average molecular weight is 431 g/mol. The van der Waals surface area contributed by atoms with Crippen LogP contribution in [0.15, 0.2) is 44.3 Å². The zero-order chi connectivity index (χ0) is 15.4. The van der Waals surface area contributed by atoms with Gasteiger partial charge in [0.05, 0.1) is 11.4 Å². The highest BCUT2D eigenvalue weighted by atomic mass is 79.9. The molecule has 110 valence electrons. The highest BCUT2D eigenvalue weighted by Gasteiger charge is 2.10. The fourth-order valence-corrected chi connectivity index (χ4v) is 3.90. The van der Waals surface area contributed by atoms with Crippen LogP contribution in [0, 0.1) is 6.92 Å². The van der Waals surface area contributed by atoms with Gasteiger partial charge in [0, 0.05) is 20.0 Å². The molecule has 2 rings (SSSR count). The number of aryl methyl sites for hydroxylation is 1. The first-order valence-corrected chi connectivity index (χ1v) is 8.62. The Bertz CT molecular complexity index is 639. The summed E-state index contributed by atoms with van der Waals surface area (Å²) >= 11 is 8.32. The summed E-state index contributed by atoms with van der Waals surface area (Å²) in [4.78, 5) is 16.9. The average Bonchev–Trinajstić information content (AvgIpc) is 2.42. The van der Waals surface area contributed by atoms with Crippen molar-refractivity contribution in [3.8, 4) is 0 Å². The van der Waals surface area contributed by atoms with E-state index in [1.807, 2.05) is 25.1 Å². The van der Waals surface area contributed by atoms with Crippen molar-refractivity contribution in [2.24, 2.45) is 0 Å². The van der Waals surface area contributed by atoms with Gasteiger partial charge in [0.2, 0.25) is 5.91 Å². The van der Waals surface area contributed by atoms with Gasteiger partial charge in [0.15, 0.2) is 0 Å². The number of anilines is 2. The molecule has 4 nitrogen and oxygen atoms in total. The van der Waals surface area contributed by atoms with Crippen molar-refractivity contribution in [3.63, 3.8) is 0 Å². The Hall–Kier alpha value is -1.05. The number of benzene rings is 1. The lowest BCUT2D eigenvalue weighted by molar-refractivity contribution is -0.113. The molecule has 0 saturated carbocycles. The number of pyridine rings is 1. The summed E-state index contributed by atoms with van der Waals surface area (Å²) < 4.78 is 1.70. The number of nitrogen functional groups attached to an aromatic ring is 1. The predicted octanol–water partition coefficient (Wildman–Crippen LogP) is 4.23. The van der Waals surface area contributed by atoms with Gasteiger partial charge < -0.3 is 11.1 Å². The number of amides is 1. The minimum atomic E-state index is -0.0814. The molecule has 2 aromatic rings. The Labute approximate surface area is 144 Å². The van der Waals surface area contributed by atoms with Crippen LogP contribution in [0.1, 0.15) is 5.56 Å². The van der Waals surface area contributed by atoms with Crippen LogP contribution in [-0.4, -0.2) is 16.6 Å². The minimum absolute atomic E-state index is 0.0814. The van der Waals surface area contributed by atoms with Gasteiger partial charge in [-0.15, -0.1) is 11.8 Å². The van der Waals surface area contributed by atoms with E-state index in [-0.39, 0.29) is 5.91 Å². The Balaban J connectivity index is 1.97. The summed E-state index contributed by atoms with van der Waals surface area (Å²) in [6.07, 6.45) is 1.66. The maximum absolute atomic E-state index is 12.0. The number of nitrogens with two attached hydrogens (primary N) is 1. The molecule has 0 atom stereocenters. The van der Waals surface area contributed by atoms with Crippen molar-refractivity contribution in [2.75, 3.05) is 16.8 Å². The van der Waals surface area contributed by atoms with Gasteiger partial charge >= 0.3 is 0 Å². The van der Waals surface area contributed by atoms with E-state index in [0.717, 1.165) is 25.1 Å². The molecule has 0 radical (unpaired) electrons. The summed E-state index contributed by atoms with van der Waals surface area (Å²) in [7, 11) is 0. The number of rotatable bonds is 4. The molecule has 0 aliphatic carbocycles. The van der Waals surface area contributed by atoms with Crippen LogP contribution < -0.4 is 11.1 Å². The number of carbonyl (C=O) groups excluding carboxylic acids is 1. The standard InChI is InChI=1S/C14H13Br2N3OS/c1-8-4-10(15)14(11(16)5-8)19-13(20)7-21-9-2-3-12(17)18-6-9/h2-6H,7H2,1H3,(H2,17,18)(H,19,20). The first-order chi connectivity index (χ1) is 9.95. The highest BCUT2D eigenvalue weighted by molar-refractivity contribution is 9.11. The number of aromatic nitrogens is 1. The Kier molecular flexibility index (Phi) is 5.66. The molecule has 1 aromatic heterocycles. The van der Waals surface area contributed by atoms with E-state index in [4.69, 9.17) is 5.73 Å². The van der Waals surface area contributed by atoms with Crippen LogP contribution in [0.3, 0.4) is 0 Å². The van der Waals surface area contributed by atoms with Gasteiger partial charge in [-0.2, -0.15) is 0 Å². The van der Waals surface area contributed by atoms with Crippen LogP contribution in [0.4, 0.5) is 11.5 Å². The van der Waals surface area contributed by atoms with Crippen LogP contribution in [-0.2, 0) is 4.79 Å². The molecule has 1 heterocycles. The molecule has 3 N–H and O–H groups in total. The van der Waals surface area contributed by atoms with Crippen molar-refractivity contribution < 1.29 is 4.79 Å². The van der Waals surface area contributed by atoms with Crippen LogP contribution in [0.25, 0.3) is 0 Å². The van der Waals surface area contributed by atoms with Crippen LogP contribution in [0.5, 0.6) is 0 Å². The number of nitrogens with zero attached hydrogens (tertiary/aromatic N) is 1. The maximum Gasteiger partial charge on any atom is 0.234 e. The number of halogens is 2. The molecule has 0 unspecified atom stereocenters. The molecule has 0 aliphatic heterocycles. The fourth-order valence-electron chi connectivity index (χ4n) is 1.62. The summed E-state index contributed by atoms with van der Waals surface area (Å²) in [5.41, 5.74) is 7.36. The second kappa shape index (κ2) is 7.29. The third-order valence-electron chi connectivity index (χ3n) is 2.58. The van der Waals surface area contributed by atoms with Gasteiger partial charge in [-0.1, -0.05) is 0 Å². The fraction of sp³-hybridized carbons (Fsp3) is 0.143. The topological polar surface area (TPSA) is 68.0 Å². The Morgan fingerprint density at radius 1 is 1.33 bits per heavy atom. The molecular weight excluding hydrogens is 418 g/mol. The maximum atomic E-state index is 12.0. The Morgan fingerprint density at radius 2 is 2.00 bits per heavy atom. The lowest BCUT2D eigenvalue weighted by atomic mass is 10.2. The summed E-state index contributed by atoms with van der Waals surface area (Å²) in [5.74, 6) is 0.691. The summed E-state index contributed by atoms with van der Waals surface area (Å²) in [5, 5.41) is 2.89. The second-order valence-corrected chi connectivity index (χ2v) is 7.12. The lowest BCUT2D eigenvalue weighted by Crippen LogP contribution is -2.15.